The zero-order chi connectivity index (χ0) is 37.1. The molecule has 0 radical (unpaired) electrons. The average Bonchev–Trinajstić information content (AvgIpc) is 3.47. The molecule has 4 aromatic rings. The summed E-state index contributed by atoms with van der Waals surface area (Å²) in [5, 5.41) is 22.3. The molecule has 2 aromatic heterocycles. The van der Waals surface area contributed by atoms with Crippen LogP contribution in [0.4, 0.5) is 14.6 Å². The number of anilines is 1. The van der Waals surface area contributed by atoms with Crippen molar-refractivity contribution in [2.75, 3.05) is 63.0 Å². The highest BCUT2D eigenvalue weighted by molar-refractivity contribution is 7.91. The van der Waals surface area contributed by atoms with E-state index in [9.17, 15) is 18.6 Å². The lowest BCUT2D eigenvalue weighted by Gasteiger charge is -2.50. The lowest BCUT2D eigenvalue weighted by molar-refractivity contribution is -0.0246. The monoisotopic (exact) mass is 753 g/mol. The van der Waals surface area contributed by atoms with E-state index in [2.05, 4.69) is 14.9 Å². The second-order valence-electron chi connectivity index (χ2n) is 15.4. The molecule has 284 valence electrons. The number of hydrogen-bond acceptors (Lipinski definition) is 12. The number of fused-ring (bicyclic) bond motifs is 3. The number of phenols is 1. The largest absolute Gasteiger partial charge is 0.508 e. The van der Waals surface area contributed by atoms with Gasteiger partial charge in [0.25, 0.3) is 0 Å². The van der Waals surface area contributed by atoms with Crippen molar-refractivity contribution in [1.29, 1.82) is 0 Å². The number of likely N-dealkylation sites (tertiary alicyclic amines) is 1. The number of piperidine rings is 1. The van der Waals surface area contributed by atoms with Crippen LogP contribution >= 0.6 is 0 Å². The molecular formula is C38H45F2N5O7S. The zero-order valence-electron chi connectivity index (χ0n) is 30.0. The Hall–Kier alpha value is -3.92. The molecule has 3 aliphatic heterocycles. The minimum Gasteiger partial charge on any atom is -0.508 e. The third-order valence-electron chi connectivity index (χ3n) is 11.7. The molecule has 4 fully saturated rings. The number of aromatic nitrogens is 3. The number of benzene rings is 2. The molecule has 1 unspecified atom stereocenters. The summed E-state index contributed by atoms with van der Waals surface area (Å²) in [6.07, 6.45) is 6.06. The summed E-state index contributed by atoms with van der Waals surface area (Å²) in [6.45, 7) is 3.62. The maximum absolute atomic E-state index is 17.1. The molecule has 2 aromatic carbocycles. The topological polar surface area (TPSA) is 147 Å². The molecule has 0 amide bonds. The first-order valence-electron chi connectivity index (χ1n) is 18.4. The SMILES string of the molecule is COc1nc(-c2cc(O)cc3cccc(F)c23)c(F)c2nc(OC[C@]34CCCC3N(C3CCS(=O)(=O)CC3)CCC4)nc(N3CCOC[C@@](C)(O)C3)c12. The number of sulfone groups is 1. The van der Waals surface area contributed by atoms with Crippen LogP contribution in [0.2, 0.25) is 0 Å². The lowest BCUT2D eigenvalue weighted by Crippen LogP contribution is -2.56. The molecule has 12 nitrogen and oxygen atoms in total. The van der Waals surface area contributed by atoms with Gasteiger partial charge < -0.3 is 29.3 Å². The van der Waals surface area contributed by atoms with Gasteiger partial charge >= 0.3 is 6.01 Å². The van der Waals surface area contributed by atoms with Gasteiger partial charge in [0.2, 0.25) is 5.88 Å². The fourth-order valence-corrected chi connectivity index (χ4v) is 10.7. The maximum Gasteiger partial charge on any atom is 0.319 e. The van der Waals surface area contributed by atoms with E-state index < -0.39 is 27.1 Å². The summed E-state index contributed by atoms with van der Waals surface area (Å²) >= 11 is 0. The summed E-state index contributed by atoms with van der Waals surface area (Å²) in [4.78, 5) is 18.3. The normalized spacial score (nSPS) is 26.8. The fraction of sp³-hybridized carbons (Fsp3) is 0.553. The summed E-state index contributed by atoms with van der Waals surface area (Å²) < 4.78 is 74.9. The minimum absolute atomic E-state index is 0.0232. The molecule has 8 rings (SSSR count). The van der Waals surface area contributed by atoms with E-state index in [0.717, 1.165) is 38.6 Å². The summed E-state index contributed by atoms with van der Waals surface area (Å²) in [5.74, 6) is -1.05. The number of aromatic hydroxyl groups is 1. The molecule has 2 N–H and O–H groups in total. The molecule has 3 saturated heterocycles. The van der Waals surface area contributed by atoms with Gasteiger partial charge in [-0.05, 0) is 75.6 Å². The van der Waals surface area contributed by atoms with E-state index in [-0.39, 0.29) is 106 Å². The van der Waals surface area contributed by atoms with Gasteiger partial charge in [-0.15, -0.1) is 0 Å². The highest BCUT2D eigenvalue weighted by Crippen LogP contribution is 2.50. The number of hydrogen-bond donors (Lipinski definition) is 2. The van der Waals surface area contributed by atoms with Crippen LogP contribution in [-0.2, 0) is 14.6 Å². The second kappa shape index (κ2) is 13.7. The molecule has 1 saturated carbocycles. The van der Waals surface area contributed by atoms with E-state index in [0.29, 0.717) is 24.8 Å². The van der Waals surface area contributed by atoms with Crippen molar-refractivity contribution in [3.63, 3.8) is 0 Å². The van der Waals surface area contributed by atoms with Crippen molar-refractivity contribution in [3.8, 4) is 28.9 Å². The van der Waals surface area contributed by atoms with E-state index in [4.69, 9.17) is 19.2 Å². The Bertz CT molecular complexity index is 2160. The average molecular weight is 754 g/mol. The quantitative estimate of drug-likeness (QED) is 0.261. The summed E-state index contributed by atoms with van der Waals surface area (Å²) in [5.41, 5.74) is -1.89. The third kappa shape index (κ3) is 6.74. The van der Waals surface area contributed by atoms with Gasteiger partial charge in [-0.25, -0.2) is 22.2 Å². The van der Waals surface area contributed by atoms with Crippen molar-refractivity contribution in [1.82, 2.24) is 19.9 Å². The summed E-state index contributed by atoms with van der Waals surface area (Å²) in [6, 6.07) is 7.40. The van der Waals surface area contributed by atoms with Crippen LogP contribution in [-0.4, -0.2) is 114 Å². The molecule has 0 bridgehead atoms. The van der Waals surface area contributed by atoms with Crippen LogP contribution in [0.15, 0.2) is 30.3 Å². The van der Waals surface area contributed by atoms with Crippen LogP contribution in [0.1, 0.15) is 51.9 Å². The Morgan fingerprint density at radius 2 is 1.83 bits per heavy atom. The summed E-state index contributed by atoms with van der Waals surface area (Å²) in [7, 11) is -1.61. The van der Waals surface area contributed by atoms with Gasteiger partial charge in [0.1, 0.15) is 49.4 Å². The second-order valence-corrected chi connectivity index (χ2v) is 17.7. The Labute approximate surface area is 307 Å². The predicted molar refractivity (Wildman–Crippen MR) is 195 cm³/mol. The molecular weight excluding hydrogens is 709 g/mol. The molecule has 0 spiro atoms. The highest BCUT2D eigenvalue weighted by atomic mass is 32.2. The van der Waals surface area contributed by atoms with Crippen LogP contribution in [0.5, 0.6) is 17.6 Å². The van der Waals surface area contributed by atoms with Crippen molar-refractivity contribution in [2.45, 2.75) is 69.6 Å². The van der Waals surface area contributed by atoms with Crippen molar-refractivity contribution >= 4 is 37.3 Å². The Kier molecular flexibility index (Phi) is 9.35. The van der Waals surface area contributed by atoms with Gasteiger partial charge in [0, 0.05) is 35.0 Å². The first-order chi connectivity index (χ1) is 25.4. The van der Waals surface area contributed by atoms with Gasteiger partial charge in [-0.2, -0.15) is 9.97 Å². The predicted octanol–water partition coefficient (Wildman–Crippen LogP) is 5.02. The first kappa shape index (κ1) is 36.1. The van der Waals surface area contributed by atoms with E-state index in [1.807, 2.05) is 0 Å². The smallest absolute Gasteiger partial charge is 0.319 e. The Morgan fingerprint density at radius 3 is 2.62 bits per heavy atom. The van der Waals surface area contributed by atoms with Gasteiger partial charge in [0.05, 0.1) is 45.0 Å². The number of rotatable bonds is 7. The van der Waals surface area contributed by atoms with E-state index >= 15 is 8.78 Å². The highest BCUT2D eigenvalue weighted by Gasteiger charge is 2.50. The van der Waals surface area contributed by atoms with Crippen LogP contribution < -0.4 is 14.4 Å². The Balaban J connectivity index is 1.23. The molecule has 15 heteroatoms. The van der Waals surface area contributed by atoms with Crippen molar-refractivity contribution in [2.24, 2.45) is 5.41 Å². The lowest BCUT2D eigenvalue weighted by atomic mass is 9.74. The first-order valence-corrected chi connectivity index (χ1v) is 20.2. The molecule has 5 heterocycles. The number of halogens is 2. The van der Waals surface area contributed by atoms with Crippen molar-refractivity contribution < 1.29 is 41.6 Å². The van der Waals surface area contributed by atoms with Crippen LogP contribution in [0.3, 0.4) is 0 Å². The van der Waals surface area contributed by atoms with Gasteiger partial charge in [-0.1, -0.05) is 18.6 Å². The standard InChI is InChI=1S/C38H45F2N5O7S/c1-37(47)20-44(14-15-51-21-37)34-30-33(31(40)32(41-35(30)50-2)26-19-25(46)18-23-6-3-7-27(39)29(23)26)42-36(43-34)52-22-38-11-4-8-28(38)45(13-5-12-38)24-9-16-53(48,49)17-10-24/h3,6-7,18-19,24,28,46-47H,4-5,8-17,20-22H2,1-2H3/t28?,37-,38+/m0/s1. The molecule has 3 atom stereocenters. The fourth-order valence-electron chi connectivity index (χ4n) is 9.25. The Morgan fingerprint density at radius 1 is 1.04 bits per heavy atom. The number of nitrogens with zero attached hydrogens (tertiary/aromatic N) is 5. The number of aliphatic hydroxyl groups is 1. The number of methoxy groups -OCH3 is 1. The number of ether oxygens (including phenoxy) is 3. The van der Waals surface area contributed by atoms with E-state index in [1.54, 1.807) is 17.9 Å². The van der Waals surface area contributed by atoms with E-state index in [1.165, 1.54) is 31.4 Å². The maximum atomic E-state index is 17.1. The number of pyridine rings is 1. The molecule has 1 aliphatic carbocycles. The minimum atomic E-state index is -2.99. The van der Waals surface area contributed by atoms with Gasteiger partial charge in [0.15, 0.2) is 5.82 Å². The van der Waals surface area contributed by atoms with Crippen LogP contribution in [0.25, 0.3) is 32.9 Å². The molecule has 4 aliphatic rings. The van der Waals surface area contributed by atoms with Crippen molar-refractivity contribution in [3.05, 3.63) is 42.0 Å². The number of phenolic OH excluding ortho intramolecular Hbond substituents is 1. The van der Waals surface area contributed by atoms with Gasteiger partial charge in [-0.3, -0.25) is 4.90 Å². The van der Waals surface area contributed by atoms with Crippen LogP contribution in [0, 0.1) is 17.0 Å². The molecule has 53 heavy (non-hydrogen) atoms. The zero-order valence-corrected chi connectivity index (χ0v) is 30.8. The third-order valence-corrected chi connectivity index (χ3v) is 13.4. The number of β-amino-alcohol motifs (C(OH)–C–C–N with tert-alkyl or cyclic N) is 1.